The molecule has 2 aromatic rings. The smallest absolute Gasteiger partial charge is 0.196 e. The fourth-order valence-electron chi connectivity index (χ4n) is 1.33. The number of aryl methyl sites for hydroxylation is 1. The maximum atomic E-state index is 5.97. The van der Waals surface area contributed by atoms with Crippen LogP contribution in [0.5, 0.6) is 0 Å². The quantitative estimate of drug-likeness (QED) is 0.887. The van der Waals surface area contributed by atoms with Crippen molar-refractivity contribution < 1.29 is 4.42 Å². The van der Waals surface area contributed by atoms with Gasteiger partial charge < -0.3 is 10.2 Å². The van der Waals surface area contributed by atoms with Crippen LogP contribution >= 0.6 is 24.0 Å². The van der Waals surface area contributed by atoms with E-state index >= 15 is 0 Å². The van der Waals surface area contributed by atoms with Crippen LogP contribution in [0, 0.1) is 6.92 Å². The maximum Gasteiger partial charge on any atom is 0.196 e. The van der Waals surface area contributed by atoms with Gasteiger partial charge in [0.05, 0.1) is 0 Å². The number of hydrogen-bond acceptors (Lipinski definition) is 3. The van der Waals surface area contributed by atoms with E-state index in [-0.39, 0.29) is 12.4 Å². The van der Waals surface area contributed by atoms with E-state index < -0.39 is 0 Å². The van der Waals surface area contributed by atoms with Crippen molar-refractivity contribution in [3.05, 3.63) is 28.6 Å². The molecule has 1 aromatic heterocycles. The monoisotopic (exact) mass is 246 g/mol. The number of oxazole rings is 1. The zero-order chi connectivity index (χ0) is 10.1. The van der Waals surface area contributed by atoms with Crippen LogP contribution in [0.25, 0.3) is 11.1 Å². The van der Waals surface area contributed by atoms with Crippen LogP contribution in [-0.2, 0) is 6.42 Å². The highest BCUT2D eigenvalue weighted by atomic mass is 35.5. The summed E-state index contributed by atoms with van der Waals surface area (Å²) in [5.41, 5.74) is 7.98. The summed E-state index contributed by atoms with van der Waals surface area (Å²) in [7, 11) is 0. The highest BCUT2D eigenvalue weighted by Gasteiger charge is 2.07. The van der Waals surface area contributed by atoms with Gasteiger partial charge in [-0.05, 0) is 24.6 Å². The molecule has 0 unspecified atom stereocenters. The Bertz CT molecular complexity index is 429. The molecule has 1 aromatic carbocycles. The Balaban J connectivity index is 0.00000112. The second-order valence-electron chi connectivity index (χ2n) is 3.22. The first-order valence-corrected chi connectivity index (χ1v) is 4.84. The molecule has 0 aliphatic rings. The van der Waals surface area contributed by atoms with Crippen molar-refractivity contribution >= 4 is 35.1 Å². The lowest BCUT2D eigenvalue weighted by Crippen LogP contribution is -2.02. The molecule has 15 heavy (non-hydrogen) atoms. The Kier molecular flexibility index (Phi) is 3.97. The normalized spacial score (nSPS) is 10.3. The molecule has 0 amide bonds. The van der Waals surface area contributed by atoms with Crippen molar-refractivity contribution in [2.75, 3.05) is 6.54 Å². The molecule has 5 heteroatoms. The molecule has 1 heterocycles. The second kappa shape index (κ2) is 4.84. The summed E-state index contributed by atoms with van der Waals surface area (Å²) in [6.45, 7) is 2.48. The fraction of sp³-hybridized carbons (Fsp3) is 0.300. The number of nitrogens with zero attached hydrogens (tertiary/aromatic N) is 1. The standard InChI is InChI=1S/C10H11ClN2O.ClH/c1-6-4-9-8(5-7(6)11)13-10(14-9)2-3-12;/h4-5H,2-3,12H2,1H3;1H. The van der Waals surface area contributed by atoms with Gasteiger partial charge in [-0.2, -0.15) is 0 Å². The van der Waals surface area contributed by atoms with Gasteiger partial charge in [0.25, 0.3) is 0 Å². The third kappa shape index (κ3) is 2.43. The molecule has 0 aliphatic heterocycles. The summed E-state index contributed by atoms with van der Waals surface area (Å²) in [4.78, 5) is 4.27. The molecule has 0 bridgehead atoms. The zero-order valence-corrected chi connectivity index (χ0v) is 9.86. The first kappa shape index (κ1) is 12.3. The average molecular weight is 247 g/mol. The molecular weight excluding hydrogens is 235 g/mol. The Morgan fingerprint density at radius 3 is 2.87 bits per heavy atom. The van der Waals surface area contributed by atoms with Crippen molar-refractivity contribution in [3.63, 3.8) is 0 Å². The minimum absolute atomic E-state index is 0. The van der Waals surface area contributed by atoms with Crippen molar-refractivity contribution in [3.8, 4) is 0 Å². The minimum atomic E-state index is 0. The van der Waals surface area contributed by atoms with Crippen molar-refractivity contribution in [1.82, 2.24) is 4.98 Å². The summed E-state index contributed by atoms with van der Waals surface area (Å²) >= 11 is 5.97. The minimum Gasteiger partial charge on any atom is -0.441 e. The molecule has 3 nitrogen and oxygen atoms in total. The van der Waals surface area contributed by atoms with Crippen LogP contribution in [0.3, 0.4) is 0 Å². The second-order valence-corrected chi connectivity index (χ2v) is 3.62. The van der Waals surface area contributed by atoms with Gasteiger partial charge in [-0.3, -0.25) is 0 Å². The number of rotatable bonds is 2. The highest BCUT2D eigenvalue weighted by Crippen LogP contribution is 2.23. The topological polar surface area (TPSA) is 52.0 Å². The van der Waals surface area contributed by atoms with E-state index in [0.29, 0.717) is 23.9 Å². The third-order valence-electron chi connectivity index (χ3n) is 2.07. The molecule has 0 fully saturated rings. The first-order valence-electron chi connectivity index (χ1n) is 4.46. The van der Waals surface area contributed by atoms with Crippen LogP contribution in [-0.4, -0.2) is 11.5 Å². The summed E-state index contributed by atoms with van der Waals surface area (Å²) in [5, 5.41) is 0.713. The lowest BCUT2D eigenvalue weighted by atomic mass is 10.2. The summed E-state index contributed by atoms with van der Waals surface area (Å²) in [6.07, 6.45) is 0.658. The summed E-state index contributed by atoms with van der Waals surface area (Å²) in [6, 6.07) is 3.71. The molecule has 0 spiro atoms. The van der Waals surface area contributed by atoms with E-state index in [2.05, 4.69) is 4.98 Å². The van der Waals surface area contributed by atoms with Crippen LogP contribution in [0.1, 0.15) is 11.5 Å². The van der Waals surface area contributed by atoms with E-state index in [0.717, 1.165) is 16.7 Å². The Morgan fingerprint density at radius 2 is 2.20 bits per heavy atom. The molecular formula is C10H12Cl2N2O. The van der Waals surface area contributed by atoms with Crippen LogP contribution in [0.15, 0.2) is 16.5 Å². The Labute approximate surface area is 99.0 Å². The number of fused-ring (bicyclic) bond motifs is 1. The first-order chi connectivity index (χ1) is 6.70. The van der Waals surface area contributed by atoms with Gasteiger partial charge >= 0.3 is 0 Å². The largest absolute Gasteiger partial charge is 0.441 e. The molecule has 2 N–H and O–H groups in total. The lowest BCUT2D eigenvalue weighted by Gasteiger charge is -1.94. The van der Waals surface area contributed by atoms with Crippen LogP contribution in [0.4, 0.5) is 0 Å². The van der Waals surface area contributed by atoms with Gasteiger partial charge in [-0.25, -0.2) is 4.98 Å². The number of halogens is 2. The SMILES string of the molecule is Cc1cc2oc(CCN)nc2cc1Cl.Cl. The Morgan fingerprint density at radius 1 is 1.47 bits per heavy atom. The number of nitrogens with two attached hydrogens (primary N) is 1. The summed E-state index contributed by atoms with van der Waals surface area (Å²) in [5.74, 6) is 0.671. The van der Waals surface area contributed by atoms with Crippen molar-refractivity contribution in [2.45, 2.75) is 13.3 Å². The lowest BCUT2D eigenvalue weighted by molar-refractivity contribution is 0.531. The molecule has 0 atom stereocenters. The zero-order valence-electron chi connectivity index (χ0n) is 8.29. The van der Waals surface area contributed by atoms with E-state index in [1.807, 2.05) is 19.1 Å². The van der Waals surface area contributed by atoms with Gasteiger partial charge in [0.1, 0.15) is 5.52 Å². The molecule has 0 saturated carbocycles. The predicted octanol–water partition coefficient (Wildman–Crippen LogP) is 2.71. The van der Waals surface area contributed by atoms with Gasteiger partial charge in [0.2, 0.25) is 0 Å². The van der Waals surface area contributed by atoms with Crippen molar-refractivity contribution in [1.29, 1.82) is 0 Å². The van der Waals surface area contributed by atoms with Gasteiger partial charge in [0, 0.05) is 18.0 Å². The average Bonchev–Trinajstić information content (AvgIpc) is 2.48. The molecule has 0 saturated heterocycles. The van der Waals surface area contributed by atoms with Gasteiger partial charge in [-0.15, -0.1) is 12.4 Å². The number of benzene rings is 1. The Hall–Kier alpha value is -0.770. The number of hydrogen-bond donors (Lipinski definition) is 1. The van der Waals surface area contributed by atoms with Gasteiger partial charge in [-0.1, -0.05) is 11.6 Å². The molecule has 2 rings (SSSR count). The maximum absolute atomic E-state index is 5.97. The van der Waals surface area contributed by atoms with Crippen molar-refractivity contribution in [2.24, 2.45) is 5.73 Å². The molecule has 0 radical (unpaired) electrons. The highest BCUT2D eigenvalue weighted by molar-refractivity contribution is 6.32. The van der Waals surface area contributed by atoms with Crippen LogP contribution in [0.2, 0.25) is 5.02 Å². The summed E-state index contributed by atoms with van der Waals surface area (Å²) < 4.78 is 5.49. The number of aromatic nitrogens is 1. The predicted molar refractivity (Wildman–Crippen MR) is 63.8 cm³/mol. The van der Waals surface area contributed by atoms with E-state index in [1.165, 1.54) is 0 Å². The van der Waals surface area contributed by atoms with E-state index in [9.17, 15) is 0 Å². The van der Waals surface area contributed by atoms with E-state index in [1.54, 1.807) is 0 Å². The van der Waals surface area contributed by atoms with E-state index in [4.69, 9.17) is 21.8 Å². The fourth-order valence-corrected chi connectivity index (χ4v) is 1.49. The third-order valence-corrected chi connectivity index (χ3v) is 2.48. The molecule has 82 valence electrons. The van der Waals surface area contributed by atoms with Crippen LogP contribution < -0.4 is 5.73 Å². The van der Waals surface area contributed by atoms with Gasteiger partial charge in [0.15, 0.2) is 11.5 Å². The molecule has 0 aliphatic carbocycles.